The molecule has 0 aliphatic rings. The standard InChI is InChI=1S/C13H22N2O2/c1-3-5-6-7-9-15-10-8-14-12(15)11(4-2)13(16)17/h8,10-11H,3-7,9H2,1-2H3,(H,16,17). The van der Waals surface area contributed by atoms with Gasteiger partial charge in [0.25, 0.3) is 0 Å². The zero-order chi connectivity index (χ0) is 12.7. The zero-order valence-corrected chi connectivity index (χ0v) is 10.7. The summed E-state index contributed by atoms with van der Waals surface area (Å²) in [5.74, 6) is -0.568. The van der Waals surface area contributed by atoms with Crippen molar-refractivity contribution < 1.29 is 9.90 Å². The molecule has 1 heterocycles. The fraction of sp³-hybridized carbons (Fsp3) is 0.692. The van der Waals surface area contributed by atoms with Crippen LogP contribution in [0, 0.1) is 0 Å². The Hall–Kier alpha value is -1.32. The smallest absolute Gasteiger partial charge is 0.314 e. The van der Waals surface area contributed by atoms with Gasteiger partial charge in [-0.1, -0.05) is 33.1 Å². The molecule has 1 atom stereocenters. The van der Waals surface area contributed by atoms with Crippen molar-refractivity contribution in [2.24, 2.45) is 0 Å². The molecule has 4 nitrogen and oxygen atoms in total. The number of carbonyl (C=O) groups is 1. The van der Waals surface area contributed by atoms with Crippen LogP contribution in [-0.4, -0.2) is 20.6 Å². The molecule has 0 fully saturated rings. The maximum atomic E-state index is 11.1. The number of carboxylic acid groups (broad SMARTS) is 1. The highest BCUT2D eigenvalue weighted by Crippen LogP contribution is 2.18. The number of hydrogen-bond acceptors (Lipinski definition) is 2. The summed E-state index contributed by atoms with van der Waals surface area (Å²) in [6, 6.07) is 0. The molecule has 4 heteroatoms. The minimum atomic E-state index is -0.784. The van der Waals surface area contributed by atoms with Crippen LogP contribution < -0.4 is 0 Å². The minimum Gasteiger partial charge on any atom is -0.481 e. The molecule has 0 amide bonds. The summed E-state index contributed by atoms with van der Waals surface area (Å²) in [6.45, 7) is 4.94. The molecule has 0 saturated heterocycles. The van der Waals surface area contributed by atoms with E-state index in [2.05, 4.69) is 11.9 Å². The number of aromatic nitrogens is 2. The maximum Gasteiger partial charge on any atom is 0.314 e. The Bertz CT molecular complexity index is 347. The Balaban J connectivity index is 2.61. The monoisotopic (exact) mass is 238 g/mol. The second kappa shape index (κ2) is 7.09. The molecule has 0 aliphatic carbocycles. The molecule has 1 aromatic heterocycles. The summed E-state index contributed by atoms with van der Waals surface area (Å²) in [5.41, 5.74) is 0. The highest BCUT2D eigenvalue weighted by atomic mass is 16.4. The van der Waals surface area contributed by atoms with E-state index in [0.29, 0.717) is 12.2 Å². The predicted molar refractivity (Wildman–Crippen MR) is 67.0 cm³/mol. The number of unbranched alkanes of at least 4 members (excludes halogenated alkanes) is 3. The fourth-order valence-corrected chi connectivity index (χ4v) is 2.00. The highest BCUT2D eigenvalue weighted by Gasteiger charge is 2.22. The van der Waals surface area contributed by atoms with Gasteiger partial charge in [-0.05, 0) is 12.8 Å². The quantitative estimate of drug-likeness (QED) is 0.708. The first-order valence-corrected chi connectivity index (χ1v) is 6.44. The molecule has 96 valence electrons. The van der Waals surface area contributed by atoms with E-state index in [4.69, 9.17) is 5.11 Å². The number of carboxylic acids is 1. The summed E-state index contributed by atoms with van der Waals surface area (Å²) in [4.78, 5) is 15.3. The molecule has 0 radical (unpaired) electrons. The van der Waals surface area contributed by atoms with Crippen molar-refractivity contribution in [2.45, 2.75) is 58.4 Å². The fourth-order valence-electron chi connectivity index (χ4n) is 2.00. The van der Waals surface area contributed by atoms with E-state index in [1.807, 2.05) is 17.7 Å². The first-order chi connectivity index (χ1) is 8.20. The van der Waals surface area contributed by atoms with Crippen molar-refractivity contribution in [3.63, 3.8) is 0 Å². The van der Waals surface area contributed by atoms with E-state index in [1.54, 1.807) is 6.20 Å². The molecule has 1 N–H and O–H groups in total. The molecule has 1 aromatic rings. The first-order valence-electron chi connectivity index (χ1n) is 6.44. The lowest BCUT2D eigenvalue weighted by Gasteiger charge is -2.12. The lowest BCUT2D eigenvalue weighted by atomic mass is 10.1. The summed E-state index contributed by atoms with van der Waals surface area (Å²) in [5, 5.41) is 9.13. The van der Waals surface area contributed by atoms with Gasteiger partial charge < -0.3 is 9.67 Å². The Kier molecular flexibility index (Phi) is 5.73. The second-order valence-electron chi connectivity index (χ2n) is 4.34. The van der Waals surface area contributed by atoms with Crippen LogP contribution in [0.4, 0.5) is 0 Å². The van der Waals surface area contributed by atoms with Crippen LogP contribution >= 0.6 is 0 Å². The van der Waals surface area contributed by atoms with Crippen LogP contribution in [0.15, 0.2) is 12.4 Å². The Morgan fingerprint density at radius 2 is 2.18 bits per heavy atom. The van der Waals surface area contributed by atoms with Crippen LogP contribution in [0.25, 0.3) is 0 Å². The zero-order valence-electron chi connectivity index (χ0n) is 10.7. The molecule has 0 bridgehead atoms. The van der Waals surface area contributed by atoms with Crippen molar-refractivity contribution in [2.75, 3.05) is 0 Å². The second-order valence-corrected chi connectivity index (χ2v) is 4.34. The Morgan fingerprint density at radius 1 is 1.41 bits per heavy atom. The first kappa shape index (κ1) is 13.7. The molecule has 0 aromatic carbocycles. The van der Waals surface area contributed by atoms with E-state index in [0.717, 1.165) is 13.0 Å². The summed E-state index contributed by atoms with van der Waals surface area (Å²) in [7, 11) is 0. The third-order valence-electron chi connectivity index (χ3n) is 3.02. The van der Waals surface area contributed by atoms with Gasteiger partial charge in [-0.3, -0.25) is 4.79 Å². The number of nitrogens with zero attached hydrogens (tertiary/aromatic N) is 2. The van der Waals surface area contributed by atoms with E-state index in [-0.39, 0.29) is 0 Å². The third kappa shape index (κ3) is 3.88. The van der Waals surface area contributed by atoms with Crippen LogP contribution in [0.3, 0.4) is 0 Å². The molecule has 0 spiro atoms. The van der Waals surface area contributed by atoms with Crippen molar-refractivity contribution in [1.82, 2.24) is 9.55 Å². The lowest BCUT2D eigenvalue weighted by Crippen LogP contribution is -2.16. The average Bonchev–Trinajstić information content (AvgIpc) is 2.73. The van der Waals surface area contributed by atoms with Crippen molar-refractivity contribution >= 4 is 5.97 Å². The number of imidazole rings is 1. The summed E-state index contributed by atoms with van der Waals surface area (Å²) < 4.78 is 1.98. The van der Waals surface area contributed by atoms with Gasteiger partial charge in [-0.15, -0.1) is 0 Å². The van der Waals surface area contributed by atoms with Crippen LogP contribution in [0.2, 0.25) is 0 Å². The molecule has 0 aliphatic heterocycles. The van der Waals surface area contributed by atoms with Gasteiger partial charge in [-0.25, -0.2) is 4.98 Å². The van der Waals surface area contributed by atoms with E-state index >= 15 is 0 Å². The Labute approximate surface area is 103 Å². The Morgan fingerprint density at radius 3 is 2.76 bits per heavy atom. The van der Waals surface area contributed by atoms with Gasteiger partial charge in [0.2, 0.25) is 0 Å². The van der Waals surface area contributed by atoms with E-state index in [1.165, 1.54) is 19.3 Å². The van der Waals surface area contributed by atoms with Crippen molar-refractivity contribution in [1.29, 1.82) is 0 Å². The molecular formula is C13H22N2O2. The largest absolute Gasteiger partial charge is 0.481 e. The number of hydrogen-bond donors (Lipinski definition) is 1. The van der Waals surface area contributed by atoms with Gasteiger partial charge in [0.05, 0.1) is 0 Å². The molecule has 1 rings (SSSR count). The lowest BCUT2D eigenvalue weighted by molar-refractivity contribution is -0.139. The topological polar surface area (TPSA) is 55.1 Å². The summed E-state index contributed by atoms with van der Waals surface area (Å²) in [6.07, 6.45) is 8.89. The van der Waals surface area contributed by atoms with Crippen LogP contribution in [0.5, 0.6) is 0 Å². The van der Waals surface area contributed by atoms with Crippen LogP contribution in [-0.2, 0) is 11.3 Å². The van der Waals surface area contributed by atoms with Crippen molar-refractivity contribution in [3.8, 4) is 0 Å². The SMILES string of the molecule is CCCCCCn1ccnc1C(CC)C(=O)O. The van der Waals surface area contributed by atoms with Gasteiger partial charge >= 0.3 is 5.97 Å². The number of rotatable bonds is 8. The number of aliphatic carboxylic acids is 1. The van der Waals surface area contributed by atoms with Crippen molar-refractivity contribution in [3.05, 3.63) is 18.2 Å². The molecule has 1 unspecified atom stereocenters. The minimum absolute atomic E-state index is 0.476. The van der Waals surface area contributed by atoms with Gasteiger partial charge in [0.1, 0.15) is 11.7 Å². The van der Waals surface area contributed by atoms with Gasteiger partial charge in [-0.2, -0.15) is 0 Å². The molecule has 17 heavy (non-hydrogen) atoms. The summed E-state index contributed by atoms with van der Waals surface area (Å²) >= 11 is 0. The average molecular weight is 238 g/mol. The normalized spacial score (nSPS) is 12.6. The third-order valence-corrected chi connectivity index (χ3v) is 3.02. The van der Waals surface area contributed by atoms with Crippen LogP contribution in [0.1, 0.15) is 57.7 Å². The highest BCUT2D eigenvalue weighted by molar-refractivity contribution is 5.74. The number of aryl methyl sites for hydroxylation is 1. The van der Waals surface area contributed by atoms with Gasteiger partial charge in [0, 0.05) is 18.9 Å². The predicted octanol–water partition coefficient (Wildman–Crippen LogP) is 3.04. The maximum absolute atomic E-state index is 11.1. The van der Waals surface area contributed by atoms with E-state index in [9.17, 15) is 4.79 Å². The molecule has 0 saturated carbocycles. The molecular weight excluding hydrogens is 216 g/mol. The van der Waals surface area contributed by atoms with Gasteiger partial charge in [0.15, 0.2) is 0 Å². The van der Waals surface area contributed by atoms with E-state index < -0.39 is 11.9 Å².